The van der Waals surface area contributed by atoms with E-state index in [9.17, 15) is 5.11 Å². The highest BCUT2D eigenvalue weighted by molar-refractivity contribution is 7.80. The van der Waals surface area contributed by atoms with Gasteiger partial charge in [-0.3, -0.25) is 9.80 Å². The van der Waals surface area contributed by atoms with Crippen LogP contribution in [0.25, 0.3) is 0 Å². The molecule has 10 heavy (non-hydrogen) atoms. The zero-order valence-corrected chi connectivity index (χ0v) is 7.25. The quantitative estimate of drug-likeness (QED) is 0.482. The largest absolute Gasteiger partial charge is 0.378 e. The monoisotopic (exact) mass is 162 g/mol. The summed E-state index contributed by atoms with van der Waals surface area (Å²) in [6.07, 6.45) is 0.489. The van der Waals surface area contributed by atoms with Crippen molar-refractivity contribution in [1.29, 1.82) is 0 Å². The van der Waals surface area contributed by atoms with Crippen molar-refractivity contribution >= 4 is 12.6 Å². The standard InChI is InChI=1S/C6H14N2OS/c1-7-4-3-5(9)8(2)6(7)10/h5-6,9-10H,3-4H2,1-2H3. The molecule has 2 atom stereocenters. The van der Waals surface area contributed by atoms with E-state index in [2.05, 4.69) is 17.5 Å². The molecule has 1 rings (SSSR count). The van der Waals surface area contributed by atoms with Crippen molar-refractivity contribution in [3.8, 4) is 0 Å². The Hall–Kier alpha value is 0.230. The van der Waals surface area contributed by atoms with Gasteiger partial charge in [0.1, 0.15) is 11.7 Å². The van der Waals surface area contributed by atoms with Gasteiger partial charge in [0.15, 0.2) is 0 Å². The van der Waals surface area contributed by atoms with Crippen LogP contribution in [0.2, 0.25) is 0 Å². The first-order valence-corrected chi connectivity index (χ1v) is 3.93. The van der Waals surface area contributed by atoms with Gasteiger partial charge < -0.3 is 5.11 Å². The molecule has 3 nitrogen and oxygen atoms in total. The molecule has 1 aliphatic rings. The number of hydrogen-bond donors (Lipinski definition) is 2. The molecule has 0 aromatic carbocycles. The molecule has 60 valence electrons. The van der Waals surface area contributed by atoms with Gasteiger partial charge in [-0.25, -0.2) is 0 Å². The van der Waals surface area contributed by atoms with Crippen LogP contribution in [0.4, 0.5) is 0 Å². The number of aliphatic hydroxyl groups is 1. The smallest absolute Gasteiger partial charge is 0.110 e. The number of rotatable bonds is 0. The molecule has 0 bridgehead atoms. The number of aliphatic hydroxyl groups excluding tert-OH is 1. The van der Waals surface area contributed by atoms with Crippen molar-refractivity contribution in [3.63, 3.8) is 0 Å². The van der Waals surface area contributed by atoms with E-state index in [1.165, 1.54) is 0 Å². The molecule has 0 aromatic heterocycles. The van der Waals surface area contributed by atoms with E-state index in [0.717, 1.165) is 13.0 Å². The number of hydrogen-bond acceptors (Lipinski definition) is 4. The van der Waals surface area contributed by atoms with Crippen LogP contribution in [0.3, 0.4) is 0 Å². The number of thiol groups is 1. The summed E-state index contributed by atoms with van der Waals surface area (Å²) in [5, 5.41) is 9.32. The van der Waals surface area contributed by atoms with Gasteiger partial charge in [0.25, 0.3) is 0 Å². The zero-order valence-electron chi connectivity index (χ0n) is 6.36. The van der Waals surface area contributed by atoms with E-state index in [-0.39, 0.29) is 11.7 Å². The van der Waals surface area contributed by atoms with Crippen LogP contribution in [0.1, 0.15) is 6.42 Å². The third-order valence-electron chi connectivity index (χ3n) is 1.97. The molecule has 1 saturated heterocycles. The zero-order chi connectivity index (χ0) is 7.72. The van der Waals surface area contributed by atoms with E-state index in [0.29, 0.717) is 0 Å². The molecule has 0 spiro atoms. The molecular formula is C6H14N2OS. The summed E-state index contributed by atoms with van der Waals surface area (Å²) in [6, 6.07) is 0. The van der Waals surface area contributed by atoms with Gasteiger partial charge >= 0.3 is 0 Å². The van der Waals surface area contributed by atoms with Crippen LogP contribution in [0.5, 0.6) is 0 Å². The second kappa shape index (κ2) is 3.09. The molecule has 4 heteroatoms. The van der Waals surface area contributed by atoms with E-state index in [1.807, 2.05) is 19.0 Å². The molecule has 1 N–H and O–H groups in total. The van der Waals surface area contributed by atoms with E-state index in [1.54, 1.807) is 0 Å². The normalized spacial score (nSPS) is 38.4. The Kier molecular flexibility index (Phi) is 2.57. The molecule has 0 aliphatic carbocycles. The summed E-state index contributed by atoms with van der Waals surface area (Å²) in [7, 11) is 3.87. The van der Waals surface area contributed by atoms with Gasteiger partial charge in [0, 0.05) is 6.54 Å². The van der Waals surface area contributed by atoms with E-state index >= 15 is 0 Å². The fraction of sp³-hybridized carbons (Fsp3) is 1.00. The highest BCUT2D eigenvalue weighted by atomic mass is 32.1. The lowest BCUT2D eigenvalue weighted by Crippen LogP contribution is -2.52. The summed E-state index contributed by atoms with van der Waals surface area (Å²) >= 11 is 4.30. The topological polar surface area (TPSA) is 26.7 Å². The van der Waals surface area contributed by atoms with Gasteiger partial charge in [-0.05, 0) is 20.5 Å². The predicted octanol–water partition coefficient (Wildman–Crippen LogP) is -0.215. The van der Waals surface area contributed by atoms with E-state index in [4.69, 9.17) is 0 Å². The lowest BCUT2D eigenvalue weighted by atomic mass is 10.3. The Labute approximate surface area is 67.0 Å². The summed E-state index contributed by atoms with van der Waals surface area (Å²) < 4.78 is 0. The molecule has 0 amide bonds. The van der Waals surface area contributed by atoms with Gasteiger partial charge in [-0.1, -0.05) is 0 Å². The SMILES string of the molecule is CN1CCC(O)N(C)C1S. The number of nitrogens with zero attached hydrogens (tertiary/aromatic N) is 2. The lowest BCUT2D eigenvalue weighted by molar-refractivity contribution is -0.0622. The average Bonchev–Trinajstić information content (AvgIpc) is 1.93. The Bertz CT molecular complexity index is 108. The van der Waals surface area contributed by atoms with Crippen molar-refractivity contribution in [2.75, 3.05) is 20.6 Å². The van der Waals surface area contributed by atoms with Crippen LogP contribution in [0.15, 0.2) is 0 Å². The van der Waals surface area contributed by atoms with Crippen LogP contribution >= 0.6 is 12.6 Å². The second-order valence-electron chi connectivity index (χ2n) is 2.76. The van der Waals surface area contributed by atoms with Crippen LogP contribution in [-0.4, -0.2) is 47.3 Å². The van der Waals surface area contributed by atoms with E-state index < -0.39 is 0 Å². The first-order valence-electron chi connectivity index (χ1n) is 3.41. The van der Waals surface area contributed by atoms with Crippen LogP contribution in [0, 0.1) is 0 Å². The van der Waals surface area contributed by atoms with Crippen molar-refractivity contribution in [1.82, 2.24) is 9.80 Å². The molecule has 1 fully saturated rings. The van der Waals surface area contributed by atoms with Crippen molar-refractivity contribution < 1.29 is 5.11 Å². The third kappa shape index (κ3) is 1.45. The molecule has 1 heterocycles. The minimum Gasteiger partial charge on any atom is -0.378 e. The van der Waals surface area contributed by atoms with Gasteiger partial charge in [-0.15, -0.1) is 12.6 Å². The Morgan fingerprint density at radius 1 is 1.50 bits per heavy atom. The minimum atomic E-state index is -0.321. The Balaban J connectivity index is 2.52. The summed E-state index contributed by atoms with van der Waals surface area (Å²) in [6.45, 7) is 0.916. The first kappa shape index (κ1) is 8.33. The molecule has 0 radical (unpaired) electrons. The highest BCUT2D eigenvalue weighted by Crippen LogP contribution is 2.16. The second-order valence-corrected chi connectivity index (χ2v) is 3.22. The Morgan fingerprint density at radius 3 is 2.60 bits per heavy atom. The fourth-order valence-corrected chi connectivity index (χ4v) is 1.37. The maximum atomic E-state index is 9.32. The predicted molar refractivity (Wildman–Crippen MR) is 43.8 cm³/mol. The lowest BCUT2D eigenvalue weighted by Gasteiger charge is -2.40. The van der Waals surface area contributed by atoms with Crippen LogP contribution < -0.4 is 0 Å². The summed E-state index contributed by atoms with van der Waals surface area (Å²) in [4.78, 5) is 3.93. The molecule has 2 unspecified atom stereocenters. The highest BCUT2D eigenvalue weighted by Gasteiger charge is 2.26. The Morgan fingerprint density at radius 2 is 2.10 bits per heavy atom. The summed E-state index contributed by atoms with van der Waals surface area (Å²) in [5.74, 6) is 0. The molecule has 0 aromatic rings. The third-order valence-corrected chi connectivity index (χ3v) is 2.73. The van der Waals surface area contributed by atoms with Crippen molar-refractivity contribution in [2.45, 2.75) is 18.1 Å². The summed E-state index contributed by atoms with van der Waals surface area (Å²) in [5.41, 5.74) is 0.0590. The maximum absolute atomic E-state index is 9.32. The van der Waals surface area contributed by atoms with Gasteiger partial charge in [-0.2, -0.15) is 0 Å². The first-order chi connectivity index (χ1) is 4.63. The van der Waals surface area contributed by atoms with Gasteiger partial charge in [0.2, 0.25) is 0 Å². The maximum Gasteiger partial charge on any atom is 0.110 e. The average molecular weight is 162 g/mol. The minimum absolute atomic E-state index is 0.0590. The fourth-order valence-electron chi connectivity index (χ4n) is 1.10. The molecular weight excluding hydrogens is 148 g/mol. The van der Waals surface area contributed by atoms with Crippen molar-refractivity contribution in [2.24, 2.45) is 0 Å². The van der Waals surface area contributed by atoms with Crippen LogP contribution in [-0.2, 0) is 0 Å². The molecule has 0 saturated carbocycles. The van der Waals surface area contributed by atoms with Gasteiger partial charge in [0.05, 0.1) is 0 Å². The van der Waals surface area contributed by atoms with Crippen molar-refractivity contribution in [3.05, 3.63) is 0 Å². The molecule has 1 aliphatic heterocycles.